The van der Waals surface area contributed by atoms with Gasteiger partial charge in [-0.25, -0.2) is 4.79 Å². The summed E-state index contributed by atoms with van der Waals surface area (Å²) in [4.78, 5) is 12.3. The van der Waals surface area contributed by atoms with Gasteiger partial charge in [0.05, 0.1) is 0 Å². The Bertz CT molecular complexity index is 390. The Hall–Kier alpha value is -1.71. The van der Waals surface area contributed by atoms with Gasteiger partial charge in [-0.05, 0) is 36.1 Å². The zero-order valence-electron chi connectivity index (χ0n) is 8.44. The Morgan fingerprint density at radius 1 is 1.40 bits per heavy atom. The van der Waals surface area contributed by atoms with Crippen molar-refractivity contribution in [3.8, 4) is 0 Å². The molecule has 2 rings (SSSR count). The molecule has 4 heteroatoms. The van der Waals surface area contributed by atoms with Crippen LogP contribution in [-0.2, 0) is 13.0 Å². The summed E-state index contributed by atoms with van der Waals surface area (Å²) in [6.07, 6.45) is 0.923. The van der Waals surface area contributed by atoms with Gasteiger partial charge in [-0.1, -0.05) is 6.07 Å². The minimum Gasteiger partial charge on any atom is -0.465 e. The van der Waals surface area contributed by atoms with Crippen LogP contribution in [0.5, 0.6) is 0 Å². The number of anilines is 1. The number of amides is 1. The van der Waals surface area contributed by atoms with E-state index >= 15 is 0 Å². The van der Waals surface area contributed by atoms with Crippen molar-refractivity contribution in [2.45, 2.75) is 19.4 Å². The van der Waals surface area contributed by atoms with Crippen molar-refractivity contribution in [3.63, 3.8) is 0 Å². The van der Waals surface area contributed by atoms with Gasteiger partial charge in [-0.3, -0.25) is 0 Å². The molecule has 0 radical (unpaired) electrons. The number of hydrogen-bond acceptors (Lipinski definition) is 2. The van der Waals surface area contributed by atoms with Crippen molar-refractivity contribution in [1.82, 2.24) is 4.90 Å². The van der Waals surface area contributed by atoms with E-state index in [2.05, 4.69) is 0 Å². The van der Waals surface area contributed by atoms with Crippen molar-refractivity contribution < 1.29 is 9.90 Å². The summed E-state index contributed by atoms with van der Waals surface area (Å²) in [5, 5.41) is 8.94. The zero-order valence-corrected chi connectivity index (χ0v) is 8.44. The number of nitrogen functional groups attached to an aromatic ring is 1. The lowest BCUT2D eigenvalue weighted by Crippen LogP contribution is -2.28. The number of rotatable bonds is 0. The molecule has 3 N–H and O–H groups in total. The van der Waals surface area contributed by atoms with Crippen LogP contribution in [0.25, 0.3) is 0 Å². The third-order valence-electron chi connectivity index (χ3n) is 2.74. The Kier molecular flexibility index (Phi) is 2.49. The molecule has 1 heterocycles. The molecule has 15 heavy (non-hydrogen) atoms. The summed E-state index contributed by atoms with van der Waals surface area (Å²) < 4.78 is 0. The van der Waals surface area contributed by atoms with E-state index in [4.69, 9.17) is 10.8 Å². The molecule has 1 aromatic carbocycles. The maximum absolute atomic E-state index is 10.9. The zero-order chi connectivity index (χ0) is 10.8. The van der Waals surface area contributed by atoms with Crippen LogP contribution in [0.15, 0.2) is 18.2 Å². The molecule has 0 fully saturated rings. The highest BCUT2D eigenvalue weighted by Crippen LogP contribution is 2.20. The Balaban J connectivity index is 2.29. The fraction of sp³-hybridized carbons (Fsp3) is 0.364. The van der Waals surface area contributed by atoms with E-state index < -0.39 is 6.09 Å². The number of carbonyl (C=O) groups is 1. The van der Waals surface area contributed by atoms with Gasteiger partial charge in [-0.15, -0.1) is 0 Å². The van der Waals surface area contributed by atoms with Crippen LogP contribution in [0, 0.1) is 0 Å². The third kappa shape index (κ3) is 2.03. The molecule has 0 unspecified atom stereocenters. The minimum absolute atomic E-state index is 0.477. The first-order valence-corrected chi connectivity index (χ1v) is 5.02. The predicted octanol–water partition coefficient (Wildman–Crippen LogP) is 1.70. The van der Waals surface area contributed by atoms with Crippen LogP contribution in [0.1, 0.15) is 17.5 Å². The Morgan fingerprint density at radius 2 is 2.20 bits per heavy atom. The smallest absolute Gasteiger partial charge is 0.407 e. The second kappa shape index (κ2) is 3.81. The van der Waals surface area contributed by atoms with Crippen LogP contribution < -0.4 is 5.73 Å². The highest BCUT2D eigenvalue weighted by molar-refractivity contribution is 5.65. The Morgan fingerprint density at radius 3 is 2.93 bits per heavy atom. The monoisotopic (exact) mass is 206 g/mol. The van der Waals surface area contributed by atoms with E-state index in [9.17, 15) is 4.79 Å². The number of nitrogens with zero attached hydrogens (tertiary/aromatic N) is 1. The van der Waals surface area contributed by atoms with Crippen LogP contribution in [0.2, 0.25) is 0 Å². The van der Waals surface area contributed by atoms with Crippen molar-refractivity contribution >= 4 is 11.8 Å². The van der Waals surface area contributed by atoms with Crippen LogP contribution in [0.4, 0.5) is 10.5 Å². The number of hydrogen-bond donors (Lipinski definition) is 2. The molecule has 1 aliphatic rings. The van der Waals surface area contributed by atoms with Crippen molar-refractivity contribution in [2.75, 3.05) is 12.3 Å². The molecule has 0 saturated heterocycles. The van der Waals surface area contributed by atoms with Gasteiger partial charge >= 0.3 is 6.09 Å². The van der Waals surface area contributed by atoms with Crippen LogP contribution in [0.3, 0.4) is 0 Å². The molecule has 0 saturated carbocycles. The van der Waals surface area contributed by atoms with Crippen LogP contribution in [-0.4, -0.2) is 22.6 Å². The predicted molar refractivity (Wildman–Crippen MR) is 57.6 cm³/mol. The second-order valence-corrected chi connectivity index (χ2v) is 3.84. The maximum atomic E-state index is 10.9. The van der Waals surface area contributed by atoms with Gasteiger partial charge in [0.2, 0.25) is 0 Å². The van der Waals surface area contributed by atoms with Gasteiger partial charge < -0.3 is 15.7 Å². The summed E-state index contributed by atoms with van der Waals surface area (Å²) in [7, 11) is 0. The summed E-state index contributed by atoms with van der Waals surface area (Å²) >= 11 is 0. The van der Waals surface area contributed by atoms with E-state index in [0.29, 0.717) is 13.1 Å². The molecule has 4 nitrogen and oxygen atoms in total. The topological polar surface area (TPSA) is 66.6 Å². The quantitative estimate of drug-likeness (QED) is 0.635. The van der Waals surface area contributed by atoms with Gasteiger partial charge in [0.25, 0.3) is 0 Å². The molecule has 0 aromatic heterocycles. The number of nitrogens with two attached hydrogens (primary N) is 1. The average Bonchev–Trinajstić information content (AvgIpc) is 2.39. The van der Waals surface area contributed by atoms with E-state index in [1.54, 1.807) is 0 Å². The first-order valence-electron chi connectivity index (χ1n) is 5.02. The standard InChI is InChI=1S/C11H14N2O2/c12-10-4-3-9-7-13(11(14)15)5-1-2-8(9)6-10/h3-4,6H,1-2,5,7,12H2,(H,14,15). The minimum atomic E-state index is -0.848. The van der Waals surface area contributed by atoms with Gasteiger partial charge in [0.15, 0.2) is 0 Å². The van der Waals surface area contributed by atoms with E-state index in [1.807, 2.05) is 18.2 Å². The van der Waals surface area contributed by atoms with E-state index in [0.717, 1.165) is 24.1 Å². The van der Waals surface area contributed by atoms with Crippen molar-refractivity contribution in [2.24, 2.45) is 0 Å². The second-order valence-electron chi connectivity index (χ2n) is 3.84. The summed E-state index contributed by atoms with van der Waals surface area (Å²) in [5.41, 5.74) is 8.70. The normalized spacial score (nSPS) is 15.6. The molecular weight excluding hydrogens is 192 g/mol. The lowest BCUT2D eigenvalue weighted by Gasteiger charge is -2.16. The molecule has 0 atom stereocenters. The van der Waals surface area contributed by atoms with Gasteiger partial charge in [0.1, 0.15) is 0 Å². The molecule has 0 spiro atoms. The first-order chi connectivity index (χ1) is 7.16. The molecule has 0 aliphatic carbocycles. The molecular formula is C11H14N2O2. The molecule has 1 amide bonds. The number of benzene rings is 1. The lowest BCUT2D eigenvalue weighted by atomic mass is 10.0. The summed E-state index contributed by atoms with van der Waals surface area (Å²) in [5.74, 6) is 0. The first kappa shape index (κ1) is 9.83. The molecule has 1 aliphatic heterocycles. The molecule has 1 aromatic rings. The summed E-state index contributed by atoms with van der Waals surface area (Å²) in [6, 6.07) is 5.69. The largest absolute Gasteiger partial charge is 0.465 e. The highest BCUT2D eigenvalue weighted by atomic mass is 16.4. The summed E-state index contributed by atoms with van der Waals surface area (Å²) in [6.45, 7) is 1.08. The molecule has 0 bridgehead atoms. The highest BCUT2D eigenvalue weighted by Gasteiger charge is 2.17. The van der Waals surface area contributed by atoms with Gasteiger partial charge in [0, 0.05) is 18.8 Å². The number of carboxylic acid groups (broad SMARTS) is 1. The van der Waals surface area contributed by atoms with E-state index in [-0.39, 0.29) is 0 Å². The maximum Gasteiger partial charge on any atom is 0.407 e. The SMILES string of the molecule is Nc1ccc2c(c1)CCCN(C(=O)O)C2. The fourth-order valence-electron chi connectivity index (χ4n) is 1.94. The van der Waals surface area contributed by atoms with Crippen molar-refractivity contribution in [3.05, 3.63) is 29.3 Å². The van der Waals surface area contributed by atoms with Crippen molar-refractivity contribution in [1.29, 1.82) is 0 Å². The molecule has 80 valence electrons. The fourth-order valence-corrected chi connectivity index (χ4v) is 1.94. The number of fused-ring (bicyclic) bond motifs is 1. The lowest BCUT2D eigenvalue weighted by molar-refractivity contribution is 0.143. The third-order valence-corrected chi connectivity index (χ3v) is 2.74. The van der Waals surface area contributed by atoms with Gasteiger partial charge in [-0.2, -0.15) is 0 Å². The Labute approximate surface area is 88.3 Å². The van der Waals surface area contributed by atoms with E-state index in [1.165, 1.54) is 10.5 Å². The number of aryl methyl sites for hydroxylation is 1. The average molecular weight is 206 g/mol. The van der Waals surface area contributed by atoms with Crippen LogP contribution >= 0.6 is 0 Å².